The highest BCUT2D eigenvalue weighted by atomic mass is 79.9. The summed E-state index contributed by atoms with van der Waals surface area (Å²) in [4.78, 5) is 2.07. The molecule has 0 saturated carbocycles. The second kappa shape index (κ2) is 5.33. The Kier molecular flexibility index (Phi) is 3.38. The summed E-state index contributed by atoms with van der Waals surface area (Å²) in [6, 6.07) is 24.2. The molecule has 0 fully saturated rings. The molecule has 0 saturated heterocycles. The Labute approximate surface area is 120 Å². The number of benzene rings is 2. The molecule has 0 N–H and O–H groups in total. The van der Waals surface area contributed by atoms with Crippen molar-refractivity contribution in [2.75, 3.05) is 4.90 Å². The van der Waals surface area contributed by atoms with Crippen LogP contribution in [0, 0.1) is 0 Å². The van der Waals surface area contributed by atoms with Crippen LogP contribution < -0.4 is 4.90 Å². The van der Waals surface area contributed by atoms with Gasteiger partial charge < -0.3 is 4.42 Å². The van der Waals surface area contributed by atoms with E-state index >= 15 is 0 Å². The summed E-state index contributed by atoms with van der Waals surface area (Å²) in [5, 5.41) is 0. The number of hydrogen-bond acceptors (Lipinski definition) is 2. The number of hydrogen-bond donors (Lipinski definition) is 0. The highest BCUT2D eigenvalue weighted by Gasteiger charge is 2.14. The number of anilines is 3. The van der Waals surface area contributed by atoms with Crippen LogP contribution in [-0.2, 0) is 0 Å². The predicted octanol–water partition coefficient (Wildman–Crippen LogP) is 5.51. The third-order valence-corrected chi connectivity index (χ3v) is 3.23. The lowest BCUT2D eigenvalue weighted by molar-refractivity contribution is 0.548. The first-order valence-electron chi connectivity index (χ1n) is 6.00. The molecule has 0 aliphatic rings. The van der Waals surface area contributed by atoms with Gasteiger partial charge in [-0.25, -0.2) is 0 Å². The summed E-state index contributed by atoms with van der Waals surface area (Å²) in [6.45, 7) is 0. The Bertz CT molecular complexity index is 609. The zero-order valence-electron chi connectivity index (χ0n) is 10.2. The molecule has 19 heavy (non-hydrogen) atoms. The number of rotatable bonds is 3. The van der Waals surface area contributed by atoms with Crippen LogP contribution in [0.3, 0.4) is 0 Å². The molecule has 0 spiro atoms. The van der Waals surface area contributed by atoms with Crippen molar-refractivity contribution in [1.29, 1.82) is 0 Å². The third kappa shape index (κ3) is 2.56. The van der Waals surface area contributed by atoms with Gasteiger partial charge in [-0.15, -0.1) is 0 Å². The van der Waals surface area contributed by atoms with E-state index < -0.39 is 0 Å². The molecule has 2 aromatic carbocycles. The zero-order chi connectivity index (χ0) is 13.1. The van der Waals surface area contributed by atoms with E-state index in [1.165, 1.54) is 0 Å². The standard InChI is InChI=1S/C16H12BrNO/c17-15-11-12-16(19-15)18(13-7-3-1-4-8-13)14-9-5-2-6-10-14/h1-12H. The van der Waals surface area contributed by atoms with Gasteiger partial charge in [-0.3, -0.25) is 4.90 Å². The average molecular weight is 314 g/mol. The first-order valence-corrected chi connectivity index (χ1v) is 6.79. The molecular formula is C16H12BrNO. The summed E-state index contributed by atoms with van der Waals surface area (Å²) in [5.41, 5.74) is 2.13. The van der Waals surface area contributed by atoms with Crippen molar-refractivity contribution in [3.8, 4) is 0 Å². The quantitative estimate of drug-likeness (QED) is 0.633. The van der Waals surface area contributed by atoms with Gasteiger partial charge in [0.2, 0.25) is 5.88 Å². The second-order valence-corrected chi connectivity index (χ2v) is 4.87. The molecule has 1 aromatic heterocycles. The Hall–Kier alpha value is -2.00. The minimum Gasteiger partial charge on any atom is -0.433 e. The van der Waals surface area contributed by atoms with Gasteiger partial charge in [0.15, 0.2) is 4.67 Å². The first-order chi connectivity index (χ1) is 9.34. The lowest BCUT2D eigenvalue weighted by atomic mass is 10.2. The lowest BCUT2D eigenvalue weighted by Crippen LogP contribution is -2.08. The Morgan fingerprint density at radius 3 is 1.63 bits per heavy atom. The van der Waals surface area contributed by atoms with Gasteiger partial charge in [0, 0.05) is 17.4 Å². The summed E-state index contributed by atoms with van der Waals surface area (Å²) in [7, 11) is 0. The van der Waals surface area contributed by atoms with Gasteiger partial charge in [-0.05, 0) is 46.3 Å². The van der Waals surface area contributed by atoms with E-state index in [1.807, 2.05) is 48.5 Å². The fourth-order valence-electron chi connectivity index (χ4n) is 1.98. The largest absolute Gasteiger partial charge is 0.433 e. The van der Waals surface area contributed by atoms with Crippen molar-refractivity contribution in [2.24, 2.45) is 0 Å². The molecule has 3 rings (SSSR count). The van der Waals surface area contributed by atoms with Crippen LogP contribution in [0.5, 0.6) is 0 Å². The fraction of sp³-hybridized carbons (Fsp3) is 0. The maximum absolute atomic E-state index is 5.70. The Balaban J connectivity index is 2.11. The van der Waals surface area contributed by atoms with Gasteiger partial charge in [-0.2, -0.15) is 0 Å². The summed E-state index contributed by atoms with van der Waals surface area (Å²) < 4.78 is 6.42. The van der Waals surface area contributed by atoms with Gasteiger partial charge >= 0.3 is 0 Å². The van der Waals surface area contributed by atoms with E-state index in [2.05, 4.69) is 45.1 Å². The minimum atomic E-state index is 0.722. The highest BCUT2D eigenvalue weighted by Crippen LogP contribution is 2.35. The van der Waals surface area contributed by atoms with Crippen LogP contribution in [-0.4, -0.2) is 0 Å². The number of nitrogens with zero attached hydrogens (tertiary/aromatic N) is 1. The maximum Gasteiger partial charge on any atom is 0.205 e. The topological polar surface area (TPSA) is 16.4 Å². The van der Waals surface area contributed by atoms with E-state index in [4.69, 9.17) is 4.42 Å². The van der Waals surface area contributed by atoms with E-state index in [0.717, 1.165) is 21.9 Å². The highest BCUT2D eigenvalue weighted by molar-refractivity contribution is 9.10. The van der Waals surface area contributed by atoms with Gasteiger partial charge in [0.25, 0.3) is 0 Å². The molecule has 0 unspecified atom stereocenters. The van der Waals surface area contributed by atoms with Gasteiger partial charge in [-0.1, -0.05) is 36.4 Å². The molecular weight excluding hydrogens is 302 g/mol. The monoisotopic (exact) mass is 313 g/mol. The van der Waals surface area contributed by atoms with E-state index in [9.17, 15) is 0 Å². The van der Waals surface area contributed by atoms with Crippen LogP contribution in [0.25, 0.3) is 0 Å². The molecule has 0 radical (unpaired) electrons. The smallest absolute Gasteiger partial charge is 0.205 e. The Morgan fingerprint density at radius 1 is 0.684 bits per heavy atom. The molecule has 3 aromatic rings. The van der Waals surface area contributed by atoms with E-state index in [-0.39, 0.29) is 0 Å². The van der Waals surface area contributed by atoms with Crippen molar-refractivity contribution in [1.82, 2.24) is 0 Å². The van der Waals surface area contributed by atoms with Crippen molar-refractivity contribution < 1.29 is 4.42 Å². The molecule has 0 aliphatic heterocycles. The van der Waals surface area contributed by atoms with E-state index in [1.54, 1.807) is 0 Å². The number of halogens is 1. The van der Waals surface area contributed by atoms with Gasteiger partial charge in [0.1, 0.15) is 0 Å². The average Bonchev–Trinajstić information content (AvgIpc) is 2.88. The molecule has 0 bridgehead atoms. The number of furan rings is 1. The molecule has 0 aliphatic carbocycles. The van der Waals surface area contributed by atoms with Gasteiger partial charge in [0.05, 0.1) is 0 Å². The second-order valence-electron chi connectivity index (χ2n) is 4.08. The van der Waals surface area contributed by atoms with Crippen LogP contribution in [0.15, 0.2) is 81.9 Å². The lowest BCUT2D eigenvalue weighted by Gasteiger charge is -2.22. The summed E-state index contributed by atoms with van der Waals surface area (Å²) in [5.74, 6) is 0.782. The van der Waals surface area contributed by atoms with Crippen molar-refractivity contribution in [3.05, 3.63) is 77.5 Å². The predicted molar refractivity (Wildman–Crippen MR) is 81.1 cm³/mol. The summed E-state index contributed by atoms with van der Waals surface area (Å²) >= 11 is 3.35. The molecule has 3 heteroatoms. The Morgan fingerprint density at radius 2 is 1.21 bits per heavy atom. The van der Waals surface area contributed by atoms with E-state index in [0.29, 0.717) is 0 Å². The number of para-hydroxylation sites is 2. The summed E-state index contributed by atoms with van der Waals surface area (Å²) in [6.07, 6.45) is 0. The zero-order valence-corrected chi connectivity index (χ0v) is 11.7. The first kappa shape index (κ1) is 12.1. The van der Waals surface area contributed by atoms with Crippen LogP contribution in [0.2, 0.25) is 0 Å². The molecule has 2 nitrogen and oxygen atoms in total. The van der Waals surface area contributed by atoms with Crippen LogP contribution >= 0.6 is 15.9 Å². The fourth-order valence-corrected chi connectivity index (χ4v) is 2.28. The SMILES string of the molecule is Brc1ccc(N(c2ccccc2)c2ccccc2)o1. The minimum absolute atomic E-state index is 0.722. The van der Waals surface area contributed by atoms with Crippen molar-refractivity contribution >= 4 is 33.2 Å². The third-order valence-electron chi connectivity index (χ3n) is 2.81. The van der Waals surface area contributed by atoms with Crippen LogP contribution in [0.4, 0.5) is 17.3 Å². The molecule has 94 valence electrons. The normalized spacial score (nSPS) is 10.4. The molecule has 0 atom stereocenters. The van der Waals surface area contributed by atoms with Crippen LogP contribution in [0.1, 0.15) is 0 Å². The molecule has 0 amide bonds. The van der Waals surface area contributed by atoms with Crippen molar-refractivity contribution in [3.63, 3.8) is 0 Å². The molecule has 1 heterocycles. The van der Waals surface area contributed by atoms with Crippen molar-refractivity contribution in [2.45, 2.75) is 0 Å². The maximum atomic E-state index is 5.70.